The zero-order valence-electron chi connectivity index (χ0n) is 17.7. The molecule has 1 amide bonds. The van der Waals surface area contributed by atoms with E-state index in [0.717, 1.165) is 6.20 Å². The number of imidazole rings is 1. The first-order valence-corrected chi connectivity index (χ1v) is 10.4. The molecule has 0 unspecified atom stereocenters. The van der Waals surface area contributed by atoms with E-state index in [9.17, 15) is 9.18 Å². The van der Waals surface area contributed by atoms with Gasteiger partial charge in [0.2, 0.25) is 11.8 Å². The molecule has 33 heavy (non-hydrogen) atoms. The summed E-state index contributed by atoms with van der Waals surface area (Å²) in [5, 5.41) is 4.43. The van der Waals surface area contributed by atoms with Crippen LogP contribution >= 0.6 is 0 Å². The third-order valence-electron chi connectivity index (χ3n) is 5.53. The van der Waals surface area contributed by atoms with Crippen molar-refractivity contribution in [1.29, 1.82) is 0 Å². The fourth-order valence-corrected chi connectivity index (χ4v) is 3.87. The van der Waals surface area contributed by atoms with E-state index in [1.165, 1.54) is 33.9 Å². The van der Waals surface area contributed by atoms with Gasteiger partial charge in [0.15, 0.2) is 5.65 Å². The Bertz CT molecular complexity index is 1360. The van der Waals surface area contributed by atoms with Crippen molar-refractivity contribution in [2.75, 3.05) is 11.4 Å². The zero-order valence-corrected chi connectivity index (χ0v) is 17.7. The number of hydrogen-bond donors (Lipinski definition) is 1. The maximum atomic E-state index is 15.1. The molecule has 2 atom stereocenters. The summed E-state index contributed by atoms with van der Waals surface area (Å²) < 4.78 is 35.9. The van der Waals surface area contributed by atoms with Crippen LogP contribution < -0.4 is 15.4 Å². The minimum absolute atomic E-state index is 0.129. The van der Waals surface area contributed by atoms with Crippen LogP contribution in [-0.2, 0) is 4.79 Å². The van der Waals surface area contributed by atoms with Gasteiger partial charge < -0.3 is 15.4 Å². The maximum Gasteiger partial charge on any atom is 0.232 e. The van der Waals surface area contributed by atoms with Crippen LogP contribution in [0.15, 0.2) is 55.0 Å². The Morgan fingerprint density at radius 2 is 2.00 bits per heavy atom. The lowest BCUT2D eigenvalue weighted by Crippen LogP contribution is -2.28. The number of pyridine rings is 1. The summed E-state index contributed by atoms with van der Waals surface area (Å²) in [5.41, 5.74) is 8.05. The average molecular weight is 450 g/mol. The SMILES string of the molecule is C[C@@H](Oc1ccc2ncc(-c3ccc(N4C[C@@H](N)CC4=O)cc3F)n2n1)c1cncc(F)c1. The highest BCUT2D eigenvalue weighted by Gasteiger charge is 2.28. The third-order valence-corrected chi connectivity index (χ3v) is 5.53. The topological polar surface area (TPSA) is 98.6 Å². The van der Waals surface area contributed by atoms with Crippen molar-refractivity contribution in [2.24, 2.45) is 5.73 Å². The Balaban J connectivity index is 1.45. The zero-order chi connectivity index (χ0) is 23.1. The monoisotopic (exact) mass is 450 g/mol. The second-order valence-electron chi connectivity index (χ2n) is 7.91. The van der Waals surface area contributed by atoms with Gasteiger partial charge in [0, 0.05) is 48.1 Å². The van der Waals surface area contributed by atoms with Crippen LogP contribution in [-0.4, -0.2) is 38.1 Å². The van der Waals surface area contributed by atoms with Gasteiger partial charge in [0.05, 0.1) is 18.1 Å². The maximum absolute atomic E-state index is 15.1. The minimum atomic E-state index is -0.519. The first-order chi connectivity index (χ1) is 15.9. The average Bonchev–Trinajstić information content (AvgIpc) is 3.35. The van der Waals surface area contributed by atoms with Crippen molar-refractivity contribution in [1.82, 2.24) is 19.6 Å². The summed E-state index contributed by atoms with van der Waals surface area (Å²) in [4.78, 5) is 21.7. The lowest BCUT2D eigenvalue weighted by atomic mass is 10.1. The molecule has 0 spiro atoms. The second kappa shape index (κ2) is 8.21. The van der Waals surface area contributed by atoms with Gasteiger partial charge in [0.25, 0.3) is 0 Å². The van der Waals surface area contributed by atoms with E-state index in [4.69, 9.17) is 10.5 Å². The lowest BCUT2D eigenvalue weighted by Gasteiger charge is -2.17. The molecule has 0 bridgehead atoms. The van der Waals surface area contributed by atoms with Crippen LogP contribution in [0.4, 0.5) is 14.5 Å². The molecule has 2 N–H and O–H groups in total. The molecular weight excluding hydrogens is 430 g/mol. The van der Waals surface area contributed by atoms with E-state index in [-0.39, 0.29) is 29.8 Å². The van der Waals surface area contributed by atoms with E-state index < -0.39 is 17.7 Å². The van der Waals surface area contributed by atoms with Gasteiger partial charge in [-0.2, -0.15) is 0 Å². The number of hydrogen-bond acceptors (Lipinski definition) is 6. The second-order valence-corrected chi connectivity index (χ2v) is 7.91. The van der Waals surface area contributed by atoms with Crippen molar-refractivity contribution >= 4 is 17.2 Å². The summed E-state index contributed by atoms with van der Waals surface area (Å²) in [7, 11) is 0. The fraction of sp³-hybridized carbons (Fsp3) is 0.217. The van der Waals surface area contributed by atoms with Gasteiger partial charge in [0.1, 0.15) is 17.7 Å². The van der Waals surface area contributed by atoms with E-state index in [1.807, 2.05) is 0 Å². The highest BCUT2D eigenvalue weighted by atomic mass is 19.1. The number of benzene rings is 1. The van der Waals surface area contributed by atoms with Crippen molar-refractivity contribution in [3.05, 3.63) is 72.2 Å². The number of nitrogens with two attached hydrogens (primary N) is 1. The molecule has 3 aromatic heterocycles. The first-order valence-electron chi connectivity index (χ1n) is 10.4. The number of carbonyl (C=O) groups is 1. The lowest BCUT2D eigenvalue weighted by molar-refractivity contribution is -0.117. The fourth-order valence-electron chi connectivity index (χ4n) is 3.87. The first kappa shape index (κ1) is 21.0. The predicted molar refractivity (Wildman–Crippen MR) is 117 cm³/mol. The number of rotatable bonds is 5. The van der Waals surface area contributed by atoms with Crippen LogP contribution in [0.3, 0.4) is 0 Å². The van der Waals surface area contributed by atoms with E-state index >= 15 is 4.39 Å². The normalized spacial score (nSPS) is 17.0. The van der Waals surface area contributed by atoms with Crippen LogP contribution in [0.1, 0.15) is 25.0 Å². The molecule has 4 aromatic rings. The van der Waals surface area contributed by atoms with Crippen molar-refractivity contribution in [3.8, 4) is 17.1 Å². The molecule has 0 aliphatic carbocycles. The van der Waals surface area contributed by atoms with Gasteiger partial charge in [-0.25, -0.2) is 18.3 Å². The van der Waals surface area contributed by atoms with E-state index in [1.54, 1.807) is 31.2 Å². The molecule has 4 heterocycles. The minimum Gasteiger partial charge on any atom is -0.469 e. The number of anilines is 1. The van der Waals surface area contributed by atoms with Crippen LogP contribution in [0.25, 0.3) is 16.9 Å². The van der Waals surface area contributed by atoms with Gasteiger partial charge in [-0.1, -0.05) is 0 Å². The molecular formula is C23H20F2N6O2. The number of fused-ring (bicyclic) bond motifs is 1. The molecule has 1 aromatic carbocycles. The quantitative estimate of drug-likeness (QED) is 0.501. The van der Waals surface area contributed by atoms with Crippen LogP contribution in [0.5, 0.6) is 5.88 Å². The van der Waals surface area contributed by atoms with Crippen LogP contribution in [0, 0.1) is 11.6 Å². The summed E-state index contributed by atoms with van der Waals surface area (Å²) >= 11 is 0. The summed E-state index contributed by atoms with van der Waals surface area (Å²) in [6.07, 6.45) is 3.88. The number of nitrogens with zero attached hydrogens (tertiary/aromatic N) is 5. The highest BCUT2D eigenvalue weighted by Crippen LogP contribution is 2.30. The molecule has 1 fully saturated rings. The van der Waals surface area contributed by atoms with Gasteiger partial charge in [-0.3, -0.25) is 9.78 Å². The van der Waals surface area contributed by atoms with Crippen molar-refractivity contribution in [2.45, 2.75) is 25.5 Å². The smallest absolute Gasteiger partial charge is 0.232 e. The number of aromatic nitrogens is 4. The van der Waals surface area contributed by atoms with Crippen LogP contribution in [0.2, 0.25) is 0 Å². The largest absolute Gasteiger partial charge is 0.469 e. The Morgan fingerprint density at radius 3 is 2.73 bits per heavy atom. The highest BCUT2D eigenvalue weighted by molar-refractivity contribution is 5.96. The standard InChI is InChI=1S/C23H20F2N6O2/c1-13(14-6-15(24)10-27-9-14)33-22-5-4-21-28-11-20(31(21)29-22)18-3-2-17(8-19(18)25)30-12-16(26)7-23(30)32/h2-6,8-11,13,16H,7,12,26H2,1H3/t13-,16+/m1/s1. The number of halogens is 2. The molecule has 10 heteroatoms. The molecule has 1 saturated heterocycles. The number of carbonyl (C=O) groups excluding carboxylic acids is 1. The molecule has 168 valence electrons. The summed E-state index contributed by atoms with van der Waals surface area (Å²) in [6, 6.07) is 8.98. The molecule has 5 rings (SSSR count). The van der Waals surface area contributed by atoms with E-state index in [2.05, 4.69) is 15.1 Å². The Kier molecular flexibility index (Phi) is 5.21. The molecule has 1 aliphatic heterocycles. The van der Waals surface area contributed by atoms with Crippen molar-refractivity contribution in [3.63, 3.8) is 0 Å². The third kappa shape index (κ3) is 4.00. The van der Waals surface area contributed by atoms with E-state index in [0.29, 0.717) is 29.1 Å². The molecule has 0 saturated carbocycles. The molecule has 8 nitrogen and oxygen atoms in total. The number of ether oxygens (including phenoxy) is 1. The molecule has 1 aliphatic rings. The predicted octanol–water partition coefficient (Wildman–Crippen LogP) is 3.27. The summed E-state index contributed by atoms with van der Waals surface area (Å²) in [6.45, 7) is 2.11. The Hall–Kier alpha value is -3.92. The summed E-state index contributed by atoms with van der Waals surface area (Å²) in [5.74, 6) is -0.850. The Morgan fingerprint density at radius 1 is 1.15 bits per heavy atom. The van der Waals surface area contributed by atoms with Gasteiger partial charge in [-0.15, -0.1) is 5.10 Å². The van der Waals surface area contributed by atoms with Gasteiger partial charge >= 0.3 is 0 Å². The van der Waals surface area contributed by atoms with Gasteiger partial charge in [-0.05, 0) is 37.3 Å². The number of amides is 1. The van der Waals surface area contributed by atoms with Crippen molar-refractivity contribution < 1.29 is 18.3 Å². The molecule has 0 radical (unpaired) electrons. The Labute approximate surface area is 187 Å².